The van der Waals surface area contributed by atoms with Crippen LogP contribution in [0, 0.1) is 5.82 Å². The number of nitrogens with zero attached hydrogens (tertiary/aromatic N) is 2. The lowest BCUT2D eigenvalue weighted by Gasteiger charge is -2.18. The topological polar surface area (TPSA) is 60.1 Å². The Balaban J connectivity index is 1.71. The average molecular weight is 428 g/mol. The molecule has 2 aromatic heterocycles. The molecule has 1 unspecified atom stereocenters. The Morgan fingerprint density at radius 1 is 1.26 bits per heavy atom. The number of hydrogen-bond donors (Lipinski definition) is 1. The van der Waals surface area contributed by atoms with Crippen LogP contribution in [0.1, 0.15) is 28.0 Å². The molecule has 0 aliphatic carbocycles. The van der Waals surface area contributed by atoms with Crippen LogP contribution in [0.15, 0.2) is 69.8 Å². The number of hydrogen-bond acceptors (Lipinski definition) is 3. The number of furan rings is 1. The minimum absolute atomic E-state index is 0.174. The van der Waals surface area contributed by atoms with E-state index in [4.69, 9.17) is 4.42 Å². The molecule has 0 saturated carbocycles. The van der Waals surface area contributed by atoms with E-state index < -0.39 is 11.9 Å². The first kappa shape index (κ1) is 17.5. The maximum Gasteiger partial charge on any atom is 0.287 e. The summed E-state index contributed by atoms with van der Waals surface area (Å²) in [5.41, 5.74) is 1.19. The van der Waals surface area contributed by atoms with Crippen LogP contribution in [0.5, 0.6) is 0 Å². The SMILES string of the molecule is Cn1ccnc1C(NC(=O)c1cc2cccc(Br)c2o1)c1cccc(F)c1. The van der Waals surface area contributed by atoms with Crippen LogP contribution in [0.2, 0.25) is 0 Å². The monoisotopic (exact) mass is 427 g/mol. The minimum atomic E-state index is -0.621. The number of amides is 1. The Kier molecular flexibility index (Phi) is 4.53. The van der Waals surface area contributed by atoms with Gasteiger partial charge >= 0.3 is 0 Å². The van der Waals surface area contributed by atoms with E-state index >= 15 is 0 Å². The Hall–Kier alpha value is -2.93. The molecule has 0 radical (unpaired) electrons. The Morgan fingerprint density at radius 3 is 2.78 bits per heavy atom. The average Bonchev–Trinajstić information content (AvgIpc) is 3.27. The molecule has 4 rings (SSSR count). The molecule has 0 bridgehead atoms. The van der Waals surface area contributed by atoms with E-state index in [2.05, 4.69) is 26.2 Å². The second kappa shape index (κ2) is 7.00. The second-order valence-corrected chi connectivity index (χ2v) is 6.98. The third kappa shape index (κ3) is 3.38. The fourth-order valence-corrected chi connectivity index (χ4v) is 3.44. The molecular formula is C20H15BrFN3O2. The van der Waals surface area contributed by atoms with Gasteiger partial charge in [-0.25, -0.2) is 9.37 Å². The van der Waals surface area contributed by atoms with Crippen molar-refractivity contribution in [3.05, 3.63) is 88.4 Å². The third-order valence-corrected chi connectivity index (χ3v) is 4.92. The first-order chi connectivity index (χ1) is 13.0. The first-order valence-electron chi connectivity index (χ1n) is 8.24. The molecule has 1 N–H and O–H groups in total. The Labute approximate surface area is 162 Å². The van der Waals surface area contributed by atoms with Crippen molar-refractivity contribution in [3.8, 4) is 0 Å². The van der Waals surface area contributed by atoms with E-state index in [9.17, 15) is 9.18 Å². The fourth-order valence-electron chi connectivity index (χ4n) is 2.98. The van der Waals surface area contributed by atoms with Crippen molar-refractivity contribution < 1.29 is 13.6 Å². The van der Waals surface area contributed by atoms with Crippen LogP contribution in [0.3, 0.4) is 0 Å². The van der Waals surface area contributed by atoms with E-state index in [1.807, 2.05) is 25.2 Å². The van der Waals surface area contributed by atoms with E-state index in [-0.39, 0.29) is 11.6 Å². The summed E-state index contributed by atoms with van der Waals surface area (Å²) in [5.74, 6) is -0.0252. The fraction of sp³-hybridized carbons (Fsp3) is 0.100. The largest absolute Gasteiger partial charge is 0.450 e. The van der Waals surface area contributed by atoms with E-state index in [0.29, 0.717) is 17.0 Å². The van der Waals surface area contributed by atoms with Gasteiger partial charge in [-0.15, -0.1) is 0 Å². The van der Waals surface area contributed by atoms with Crippen molar-refractivity contribution in [2.75, 3.05) is 0 Å². The van der Waals surface area contributed by atoms with E-state index in [0.717, 1.165) is 9.86 Å². The van der Waals surface area contributed by atoms with Gasteiger partial charge in [0.15, 0.2) is 5.76 Å². The number of benzene rings is 2. The first-order valence-corrected chi connectivity index (χ1v) is 9.04. The van der Waals surface area contributed by atoms with Crippen LogP contribution < -0.4 is 5.32 Å². The highest BCUT2D eigenvalue weighted by Crippen LogP contribution is 2.28. The molecule has 0 fully saturated rings. The molecule has 4 aromatic rings. The van der Waals surface area contributed by atoms with Gasteiger partial charge in [0.25, 0.3) is 5.91 Å². The molecule has 27 heavy (non-hydrogen) atoms. The molecule has 0 aliphatic rings. The number of imidazole rings is 1. The van der Waals surface area contributed by atoms with Gasteiger partial charge in [0, 0.05) is 24.8 Å². The van der Waals surface area contributed by atoms with Crippen LogP contribution in [0.25, 0.3) is 11.0 Å². The predicted molar refractivity (Wildman–Crippen MR) is 103 cm³/mol. The zero-order chi connectivity index (χ0) is 19.0. The van der Waals surface area contributed by atoms with Gasteiger partial charge in [-0.1, -0.05) is 24.3 Å². The molecule has 0 aliphatic heterocycles. The maximum absolute atomic E-state index is 13.8. The number of halogens is 2. The van der Waals surface area contributed by atoms with Gasteiger partial charge in [-0.3, -0.25) is 4.79 Å². The highest BCUT2D eigenvalue weighted by atomic mass is 79.9. The summed E-state index contributed by atoms with van der Waals surface area (Å²) in [6.45, 7) is 0. The second-order valence-electron chi connectivity index (χ2n) is 6.13. The van der Waals surface area contributed by atoms with Crippen molar-refractivity contribution in [1.82, 2.24) is 14.9 Å². The van der Waals surface area contributed by atoms with E-state index in [1.165, 1.54) is 12.1 Å². The number of rotatable bonds is 4. The lowest BCUT2D eigenvalue weighted by molar-refractivity contribution is 0.0915. The molecule has 2 heterocycles. The van der Waals surface area contributed by atoms with Crippen molar-refractivity contribution in [3.63, 3.8) is 0 Å². The van der Waals surface area contributed by atoms with Gasteiger partial charge in [0.1, 0.15) is 23.3 Å². The quantitative estimate of drug-likeness (QED) is 0.518. The summed E-state index contributed by atoms with van der Waals surface area (Å²) >= 11 is 3.42. The number of carbonyl (C=O) groups excluding carboxylic acids is 1. The van der Waals surface area contributed by atoms with Crippen molar-refractivity contribution in [2.24, 2.45) is 7.05 Å². The Bertz CT molecular complexity index is 1140. The smallest absolute Gasteiger partial charge is 0.287 e. The molecule has 5 nitrogen and oxygen atoms in total. The highest BCUT2D eigenvalue weighted by molar-refractivity contribution is 9.10. The van der Waals surface area contributed by atoms with Crippen molar-refractivity contribution in [1.29, 1.82) is 0 Å². The standard InChI is InChI=1S/C20H15BrFN3O2/c1-25-9-8-23-19(25)17(12-4-2-6-14(22)10-12)24-20(26)16-11-13-5-3-7-15(21)18(13)27-16/h2-11,17H,1H3,(H,24,26). The predicted octanol–water partition coefficient (Wildman–Crippen LogP) is 4.59. The molecule has 2 aromatic carbocycles. The summed E-state index contributed by atoms with van der Waals surface area (Å²) in [5, 5.41) is 3.72. The zero-order valence-corrected chi connectivity index (χ0v) is 15.9. The third-order valence-electron chi connectivity index (χ3n) is 4.29. The van der Waals surface area contributed by atoms with Crippen LogP contribution in [0.4, 0.5) is 4.39 Å². The minimum Gasteiger partial charge on any atom is -0.450 e. The molecule has 0 saturated heterocycles. The molecule has 136 valence electrons. The van der Waals surface area contributed by atoms with Gasteiger partial charge in [-0.2, -0.15) is 0 Å². The summed E-state index contributed by atoms with van der Waals surface area (Å²) in [7, 11) is 1.82. The Morgan fingerprint density at radius 2 is 2.07 bits per heavy atom. The van der Waals surface area contributed by atoms with Crippen LogP contribution in [-0.2, 0) is 7.05 Å². The highest BCUT2D eigenvalue weighted by Gasteiger charge is 2.24. The number of nitrogens with one attached hydrogen (secondary N) is 1. The van der Waals surface area contributed by atoms with Gasteiger partial charge in [0.2, 0.25) is 0 Å². The molecule has 0 spiro atoms. The summed E-state index contributed by atoms with van der Waals surface area (Å²) in [6, 6.07) is 12.7. The number of aryl methyl sites for hydroxylation is 1. The number of aromatic nitrogens is 2. The number of carbonyl (C=O) groups is 1. The zero-order valence-electron chi connectivity index (χ0n) is 14.3. The van der Waals surface area contributed by atoms with Gasteiger partial charge < -0.3 is 14.3 Å². The summed E-state index contributed by atoms with van der Waals surface area (Å²) in [6.07, 6.45) is 3.40. The summed E-state index contributed by atoms with van der Waals surface area (Å²) in [4.78, 5) is 17.2. The molecule has 7 heteroatoms. The van der Waals surface area contributed by atoms with Crippen molar-refractivity contribution >= 4 is 32.8 Å². The van der Waals surface area contributed by atoms with Crippen LogP contribution in [-0.4, -0.2) is 15.5 Å². The lowest BCUT2D eigenvalue weighted by Crippen LogP contribution is -2.31. The van der Waals surface area contributed by atoms with Crippen molar-refractivity contribution in [2.45, 2.75) is 6.04 Å². The van der Waals surface area contributed by atoms with Crippen LogP contribution >= 0.6 is 15.9 Å². The summed E-state index contributed by atoms with van der Waals surface area (Å²) < 4.78 is 22.0. The normalized spacial score (nSPS) is 12.3. The van der Waals surface area contributed by atoms with Gasteiger partial charge in [0.05, 0.1) is 4.47 Å². The van der Waals surface area contributed by atoms with Gasteiger partial charge in [-0.05, 0) is 45.8 Å². The molecule has 1 amide bonds. The molecular weight excluding hydrogens is 413 g/mol. The van der Waals surface area contributed by atoms with E-state index in [1.54, 1.807) is 35.2 Å². The number of fused-ring (bicyclic) bond motifs is 1. The molecule has 1 atom stereocenters. The lowest BCUT2D eigenvalue weighted by atomic mass is 10.1. The number of para-hydroxylation sites is 1. The maximum atomic E-state index is 13.8.